The van der Waals surface area contributed by atoms with Crippen LogP contribution in [-0.2, 0) is 23.8 Å². The van der Waals surface area contributed by atoms with E-state index < -0.39 is 29.2 Å². The molecule has 1 aromatic heterocycles. The second-order valence-corrected chi connectivity index (χ2v) is 14.8. The quantitative estimate of drug-likeness (QED) is 0.0752. The lowest BCUT2D eigenvalue weighted by atomic mass is 9.94. The number of ether oxygens (including phenoxy) is 3. The van der Waals surface area contributed by atoms with Crippen LogP contribution >= 0.6 is 11.3 Å². The summed E-state index contributed by atoms with van der Waals surface area (Å²) >= 11 is 1.12. The molecule has 1 heterocycles. The molecule has 48 heavy (non-hydrogen) atoms. The Morgan fingerprint density at radius 1 is 1.02 bits per heavy atom. The molecule has 2 unspecified atom stereocenters. The van der Waals surface area contributed by atoms with E-state index in [9.17, 15) is 24.3 Å². The van der Waals surface area contributed by atoms with Crippen molar-refractivity contribution < 1.29 is 38.5 Å². The van der Waals surface area contributed by atoms with Crippen LogP contribution < -0.4 is 16.4 Å². The van der Waals surface area contributed by atoms with E-state index in [0.29, 0.717) is 24.6 Å². The zero-order chi connectivity index (χ0) is 36.3. The molecule has 0 aromatic carbocycles. The lowest BCUT2D eigenvalue weighted by Crippen LogP contribution is -2.45. The van der Waals surface area contributed by atoms with Gasteiger partial charge in [-0.25, -0.2) is 14.6 Å². The van der Waals surface area contributed by atoms with E-state index >= 15 is 0 Å². The van der Waals surface area contributed by atoms with Crippen LogP contribution in [0.5, 0.6) is 0 Å². The minimum absolute atomic E-state index is 0.0228. The van der Waals surface area contributed by atoms with Crippen LogP contribution in [0.4, 0.5) is 4.79 Å². The Kier molecular flexibility index (Phi) is 19.8. The zero-order valence-corrected chi connectivity index (χ0v) is 31.2. The Labute approximate surface area is 291 Å². The molecule has 0 saturated carbocycles. The van der Waals surface area contributed by atoms with Gasteiger partial charge in [0.25, 0.3) is 0 Å². The van der Waals surface area contributed by atoms with Crippen LogP contribution in [0.1, 0.15) is 128 Å². The fraction of sp³-hybridized carbons (Fsp3) is 0.794. The zero-order valence-electron chi connectivity index (χ0n) is 30.4. The summed E-state index contributed by atoms with van der Waals surface area (Å²) in [6.07, 6.45) is 4.99. The van der Waals surface area contributed by atoms with E-state index in [0.717, 1.165) is 49.9 Å². The van der Waals surface area contributed by atoms with Crippen LogP contribution in [0.2, 0.25) is 0 Å². The molecule has 276 valence electrons. The molecule has 13 nitrogen and oxygen atoms in total. The third-order valence-electron chi connectivity index (χ3n) is 7.78. The van der Waals surface area contributed by atoms with Crippen molar-refractivity contribution in [2.75, 3.05) is 39.6 Å². The van der Waals surface area contributed by atoms with Crippen LogP contribution in [-0.4, -0.2) is 90.1 Å². The molecular formula is C34H61N5O8S. The van der Waals surface area contributed by atoms with Gasteiger partial charge in [-0.05, 0) is 32.6 Å². The summed E-state index contributed by atoms with van der Waals surface area (Å²) in [4.78, 5) is 55.9. The normalized spacial score (nSPS) is 13.2. The highest BCUT2D eigenvalue weighted by atomic mass is 32.1. The maximum Gasteiger partial charge on any atom is 0.407 e. The van der Waals surface area contributed by atoms with Crippen molar-refractivity contribution in [3.63, 3.8) is 0 Å². The summed E-state index contributed by atoms with van der Waals surface area (Å²) in [7, 11) is 0. The number of carboxylic acid groups (broad SMARTS) is 1. The molecule has 1 rings (SSSR count). The Morgan fingerprint density at radius 2 is 1.71 bits per heavy atom. The number of carbonyl (C=O) groups is 4. The molecular weight excluding hydrogens is 638 g/mol. The standard InChI is InChI=1S/C34H61N5O8S/c1-9-11-13-14-16-39(29(41)15-12-10-2)26(24(3)4)17-27(30-38-25(19-48-30)31(42)43)47-32(44)36-20-33(5,6)21-46-34(7,8)22-45-23-37-28(40)18-35/h19,24,26-27H,9-18,20-23,35H2,1-8H3,(H,36,44)(H,37,40)(H,42,43). The Balaban J connectivity index is 3.04. The number of nitrogens with zero attached hydrogens (tertiary/aromatic N) is 2. The summed E-state index contributed by atoms with van der Waals surface area (Å²) < 4.78 is 17.5. The molecule has 14 heteroatoms. The molecule has 3 amide bonds. The lowest BCUT2D eigenvalue weighted by molar-refractivity contribution is -0.135. The van der Waals surface area contributed by atoms with E-state index in [4.69, 9.17) is 19.9 Å². The summed E-state index contributed by atoms with van der Waals surface area (Å²) in [5.74, 6) is -1.35. The average molecular weight is 700 g/mol. The predicted octanol–water partition coefficient (Wildman–Crippen LogP) is 5.49. The lowest BCUT2D eigenvalue weighted by Gasteiger charge is -2.36. The van der Waals surface area contributed by atoms with Crippen molar-refractivity contribution in [2.24, 2.45) is 17.1 Å². The van der Waals surface area contributed by atoms with Gasteiger partial charge in [0.2, 0.25) is 11.8 Å². The van der Waals surface area contributed by atoms with Crippen molar-refractivity contribution >= 4 is 35.2 Å². The van der Waals surface area contributed by atoms with Crippen LogP contribution in [0.3, 0.4) is 0 Å². The van der Waals surface area contributed by atoms with Gasteiger partial charge in [0.1, 0.15) is 11.7 Å². The van der Waals surface area contributed by atoms with E-state index in [1.54, 1.807) is 0 Å². The topological polar surface area (TPSA) is 182 Å². The van der Waals surface area contributed by atoms with Gasteiger partial charge in [0.05, 0.1) is 25.4 Å². The molecule has 2 atom stereocenters. The van der Waals surface area contributed by atoms with E-state index in [1.807, 2.05) is 46.4 Å². The number of nitrogens with one attached hydrogen (secondary N) is 2. The first kappa shape index (κ1) is 43.2. The largest absolute Gasteiger partial charge is 0.476 e. The maximum atomic E-state index is 13.5. The minimum Gasteiger partial charge on any atom is -0.476 e. The number of carboxylic acids is 1. The third kappa shape index (κ3) is 17.0. The highest BCUT2D eigenvalue weighted by Crippen LogP contribution is 2.31. The summed E-state index contributed by atoms with van der Waals surface area (Å²) in [5, 5.41) is 16.7. The number of nitrogens with two attached hydrogens (primary N) is 1. The van der Waals surface area contributed by atoms with Gasteiger partial charge in [0, 0.05) is 42.8 Å². The average Bonchev–Trinajstić information content (AvgIpc) is 3.53. The van der Waals surface area contributed by atoms with Gasteiger partial charge in [-0.2, -0.15) is 0 Å². The second-order valence-electron chi connectivity index (χ2n) is 13.9. The molecule has 0 saturated heterocycles. The smallest absolute Gasteiger partial charge is 0.407 e. The van der Waals surface area contributed by atoms with Gasteiger partial charge in [-0.1, -0.05) is 67.2 Å². The number of carbonyl (C=O) groups excluding carboxylic acids is 3. The van der Waals surface area contributed by atoms with E-state index in [2.05, 4.69) is 29.5 Å². The third-order valence-corrected chi connectivity index (χ3v) is 8.72. The first-order valence-electron chi connectivity index (χ1n) is 17.2. The number of hydrogen-bond donors (Lipinski definition) is 4. The first-order valence-corrected chi connectivity index (χ1v) is 18.0. The van der Waals surface area contributed by atoms with Crippen molar-refractivity contribution in [3.8, 4) is 0 Å². The van der Waals surface area contributed by atoms with Crippen LogP contribution in [0.25, 0.3) is 0 Å². The van der Waals surface area contributed by atoms with Crippen LogP contribution in [0.15, 0.2) is 5.38 Å². The second kappa shape index (κ2) is 22.0. The number of rotatable bonds is 25. The summed E-state index contributed by atoms with van der Waals surface area (Å²) in [6, 6.07) is -0.246. The Bertz CT molecular complexity index is 1130. The monoisotopic (exact) mass is 699 g/mol. The number of alkyl carbamates (subject to hydrolysis) is 1. The van der Waals surface area contributed by atoms with Gasteiger partial charge in [-0.15, -0.1) is 11.3 Å². The Hall–Kier alpha value is -2.81. The van der Waals surface area contributed by atoms with Crippen molar-refractivity contribution in [3.05, 3.63) is 16.1 Å². The van der Waals surface area contributed by atoms with Crippen LogP contribution in [0, 0.1) is 11.3 Å². The molecule has 0 aliphatic rings. The number of thiazole rings is 1. The molecule has 0 fully saturated rings. The molecule has 0 aliphatic carbocycles. The maximum absolute atomic E-state index is 13.5. The van der Waals surface area contributed by atoms with Gasteiger partial charge in [-0.3, -0.25) is 9.59 Å². The summed E-state index contributed by atoms with van der Waals surface area (Å²) in [5.41, 5.74) is 4.01. The molecule has 5 N–H and O–H groups in total. The fourth-order valence-electron chi connectivity index (χ4n) is 4.83. The van der Waals surface area contributed by atoms with E-state index in [-0.39, 0.29) is 62.3 Å². The molecule has 0 aliphatic heterocycles. The van der Waals surface area contributed by atoms with E-state index in [1.165, 1.54) is 5.38 Å². The molecule has 0 spiro atoms. The number of aromatic carboxylic acids is 1. The van der Waals surface area contributed by atoms with Gasteiger partial charge in [0.15, 0.2) is 11.8 Å². The minimum atomic E-state index is -1.16. The first-order chi connectivity index (χ1) is 22.6. The SMILES string of the molecule is CCCCCCN(C(=O)CCCC)C(CC(OC(=O)NCC(C)(C)COC(C)(C)COCNC(=O)CN)c1nc(C(=O)O)cs1)C(C)C. The molecule has 0 bridgehead atoms. The van der Waals surface area contributed by atoms with Gasteiger partial charge < -0.3 is 40.6 Å². The molecule has 0 radical (unpaired) electrons. The fourth-order valence-corrected chi connectivity index (χ4v) is 5.67. The van der Waals surface area contributed by atoms with Crippen molar-refractivity contribution in [1.82, 2.24) is 20.5 Å². The summed E-state index contributed by atoms with van der Waals surface area (Å²) in [6.45, 7) is 17.2. The highest BCUT2D eigenvalue weighted by molar-refractivity contribution is 7.09. The van der Waals surface area contributed by atoms with Crippen molar-refractivity contribution in [2.45, 2.75) is 125 Å². The number of amides is 3. The van der Waals surface area contributed by atoms with Crippen molar-refractivity contribution in [1.29, 1.82) is 0 Å². The number of hydrogen-bond acceptors (Lipinski definition) is 10. The number of unbranched alkanes of at least 4 members (excludes halogenated alkanes) is 4. The molecule has 1 aromatic rings. The number of aromatic nitrogens is 1. The van der Waals surface area contributed by atoms with Gasteiger partial charge >= 0.3 is 12.1 Å². The predicted molar refractivity (Wildman–Crippen MR) is 187 cm³/mol. The highest BCUT2D eigenvalue weighted by Gasteiger charge is 2.33. The Morgan fingerprint density at radius 3 is 2.29 bits per heavy atom.